The van der Waals surface area contributed by atoms with E-state index in [1.807, 2.05) is 19.0 Å². The maximum Gasteiger partial charge on any atom is 0.00923 e. The fourth-order valence-corrected chi connectivity index (χ4v) is 2.16. The van der Waals surface area contributed by atoms with Crippen molar-refractivity contribution < 1.29 is 0 Å². The van der Waals surface area contributed by atoms with E-state index in [0.717, 1.165) is 5.92 Å². The van der Waals surface area contributed by atoms with Gasteiger partial charge >= 0.3 is 0 Å². The van der Waals surface area contributed by atoms with Crippen molar-refractivity contribution in [3.63, 3.8) is 0 Å². The Bertz CT molecular complexity index is 100. The van der Waals surface area contributed by atoms with Crippen molar-refractivity contribution in [1.29, 1.82) is 0 Å². The second-order valence-corrected chi connectivity index (χ2v) is 3.99. The number of nitrogens with one attached hydrogen (secondary N) is 1. The number of hydrogen-bond acceptors (Lipinski definition) is 3. The molecule has 1 rings (SSSR count). The Balaban J connectivity index is 2.14. The summed E-state index contributed by atoms with van der Waals surface area (Å²) in [5.41, 5.74) is 0. The van der Waals surface area contributed by atoms with E-state index in [0.29, 0.717) is 0 Å². The summed E-state index contributed by atoms with van der Waals surface area (Å²) in [6.07, 6.45) is 4.89. The van der Waals surface area contributed by atoms with Crippen LogP contribution in [0.15, 0.2) is 0 Å². The molecule has 0 unspecified atom stereocenters. The third kappa shape index (κ3) is 3.01. The number of hydrogen-bond donors (Lipinski definition) is 1. The van der Waals surface area contributed by atoms with Gasteiger partial charge in [-0.05, 0) is 38.6 Å². The van der Waals surface area contributed by atoms with Gasteiger partial charge in [0, 0.05) is 13.1 Å². The zero-order valence-electron chi connectivity index (χ0n) is 7.47. The summed E-state index contributed by atoms with van der Waals surface area (Å²) < 4.78 is 2.45. The van der Waals surface area contributed by atoms with Crippen LogP contribution in [0.5, 0.6) is 0 Å². The Morgan fingerprint density at radius 1 is 1.45 bits per heavy atom. The first-order valence-corrected chi connectivity index (χ1v) is 5.48. The van der Waals surface area contributed by atoms with E-state index in [9.17, 15) is 0 Å². The smallest absolute Gasteiger partial charge is 0.00923 e. The molecule has 2 nitrogen and oxygen atoms in total. The van der Waals surface area contributed by atoms with E-state index >= 15 is 0 Å². The van der Waals surface area contributed by atoms with Crippen LogP contribution >= 0.6 is 11.9 Å². The van der Waals surface area contributed by atoms with Crippen LogP contribution in [0.4, 0.5) is 0 Å². The van der Waals surface area contributed by atoms with Crippen molar-refractivity contribution in [2.24, 2.45) is 5.92 Å². The molecule has 0 amide bonds. The molecule has 1 aliphatic rings. The lowest BCUT2D eigenvalue weighted by atomic mass is 9.98. The highest BCUT2D eigenvalue weighted by molar-refractivity contribution is 7.96. The zero-order valence-corrected chi connectivity index (χ0v) is 8.28. The van der Waals surface area contributed by atoms with Crippen molar-refractivity contribution >= 4 is 11.9 Å². The molecule has 1 N–H and O–H groups in total. The van der Waals surface area contributed by atoms with Crippen LogP contribution in [0.2, 0.25) is 0 Å². The second kappa shape index (κ2) is 5.01. The van der Waals surface area contributed by atoms with Crippen molar-refractivity contribution in [3.05, 3.63) is 0 Å². The largest absolute Gasteiger partial charge is 0.319 e. The van der Waals surface area contributed by atoms with Gasteiger partial charge in [-0.2, -0.15) is 0 Å². The van der Waals surface area contributed by atoms with Crippen LogP contribution in [0.1, 0.15) is 12.8 Å². The summed E-state index contributed by atoms with van der Waals surface area (Å²) >= 11 is 1.88. The standard InChI is InChI=1S/C8H18N2S/c1-9-7-8-3-5-10(11-2)6-4-8/h8-9H,3-7H2,1-2H3. The molecule has 0 aliphatic carbocycles. The highest BCUT2D eigenvalue weighted by atomic mass is 32.2. The van der Waals surface area contributed by atoms with Crippen molar-refractivity contribution in [1.82, 2.24) is 9.62 Å². The summed E-state index contributed by atoms with van der Waals surface area (Å²) in [7, 11) is 2.04. The fraction of sp³-hybridized carbons (Fsp3) is 1.00. The van der Waals surface area contributed by atoms with Gasteiger partial charge in [0.1, 0.15) is 0 Å². The first-order valence-electron chi connectivity index (χ1n) is 4.30. The van der Waals surface area contributed by atoms with Crippen molar-refractivity contribution in [3.8, 4) is 0 Å². The van der Waals surface area contributed by atoms with Crippen molar-refractivity contribution in [2.45, 2.75) is 12.8 Å². The molecule has 0 aromatic carbocycles. The van der Waals surface area contributed by atoms with E-state index in [1.165, 1.54) is 32.5 Å². The van der Waals surface area contributed by atoms with E-state index in [2.05, 4.69) is 15.9 Å². The lowest BCUT2D eigenvalue weighted by Gasteiger charge is -2.29. The molecule has 0 spiro atoms. The molecule has 3 heteroatoms. The summed E-state index contributed by atoms with van der Waals surface area (Å²) in [4.78, 5) is 0. The Kier molecular flexibility index (Phi) is 4.26. The maximum absolute atomic E-state index is 3.24. The minimum Gasteiger partial charge on any atom is -0.319 e. The van der Waals surface area contributed by atoms with E-state index < -0.39 is 0 Å². The fourth-order valence-electron chi connectivity index (χ4n) is 1.58. The van der Waals surface area contributed by atoms with Gasteiger partial charge in [0.25, 0.3) is 0 Å². The quantitative estimate of drug-likeness (QED) is 0.647. The van der Waals surface area contributed by atoms with E-state index in [1.54, 1.807) is 0 Å². The molecule has 11 heavy (non-hydrogen) atoms. The molecule has 1 heterocycles. The molecule has 0 aromatic heterocycles. The third-order valence-electron chi connectivity index (χ3n) is 2.32. The summed E-state index contributed by atoms with van der Waals surface area (Å²) in [5.74, 6) is 0.920. The topological polar surface area (TPSA) is 15.3 Å². The number of piperidine rings is 1. The van der Waals surface area contributed by atoms with Crippen LogP contribution in [-0.4, -0.2) is 37.2 Å². The van der Waals surface area contributed by atoms with Gasteiger partial charge in [-0.3, -0.25) is 4.31 Å². The monoisotopic (exact) mass is 174 g/mol. The molecule has 66 valence electrons. The Morgan fingerprint density at radius 2 is 2.09 bits per heavy atom. The Morgan fingerprint density at radius 3 is 2.55 bits per heavy atom. The van der Waals surface area contributed by atoms with Crippen molar-refractivity contribution in [2.75, 3.05) is 32.9 Å². The predicted molar refractivity (Wildman–Crippen MR) is 51.7 cm³/mol. The average Bonchev–Trinajstić information content (AvgIpc) is 2.07. The van der Waals surface area contributed by atoms with Gasteiger partial charge in [-0.15, -0.1) is 0 Å². The van der Waals surface area contributed by atoms with Gasteiger partial charge in [-0.1, -0.05) is 11.9 Å². The lowest BCUT2D eigenvalue weighted by Crippen LogP contribution is -2.32. The first kappa shape index (κ1) is 9.36. The molecular weight excluding hydrogens is 156 g/mol. The molecular formula is C8H18N2S. The maximum atomic E-state index is 3.24. The van der Waals surface area contributed by atoms with Gasteiger partial charge in [0.05, 0.1) is 0 Å². The summed E-state index contributed by atoms with van der Waals surface area (Å²) in [6, 6.07) is 0. The summed E-state index contributed by atoms with van der Waals surface area (Å²) in [6.45, 7) is 3.74. The number of rotatable bonds is 3. The molecule has 1 fully saturated rings. The molecule has 1 aliphatic heterocycles. The Hall–Kier alpha value is 0.270. The van der Waals surface area contributed by atoms with E-state index in [-0.39, 0.29) is 0 Å². The van der Waals surface area contributed by atoms with E-state index in [4.69, 9.17) is 0 Å². The molecule has 0 bridgehead atoms. The molecule has 0 aromatic rings. The molecule has 0 atom stereocenters. The van der Waals surface area contributed by atoms with Gasteiger partial charge in [0.15, 0.2) is 0 Å². The highest BCUT2D eigenvalue weighted by Gasteiger charge is 2.17. The highest BCUT2D eigenvalue weighted by Crippen LogP contribution is 2.20. The average molecular weight is 174 g/mol. The minimum atomic E-state index is 0.920. The molecule has 0 saturated carbocycles. The third-order valence-corrected chi connectivity index (χ3v) is 3.21. The second-order valence-electron chi connectivity index (χ2n) is 3.11. The van der Waals surface area contributed by atoms with Crippen LogP contribution in [0.3, 0.4) is 0 Å². The lowest BCUT2D eigenvalue weighted by molar-refractivity contribution is 0.288. The summed E-state index contributed by atoms with van der Waals surface area (Å²) in [5, 5.41) is 3.24. The first-order chi connectivity index (χ1) is 5.36. The number of nitrogens with zero attached hydrogens (tertiary/aromatic N) is 1. The minimum absolute atomic E-state index is 0.920. The molecule has 1 saturated heterocycles. The van der Waals surface area contributed by atoms with Crippen LogP contribution in [-0.2, 0) is 0 Å². The van der Waals surface area contributed by atoms with Crippen LogP contribution in [0.25, 0.3) is 0 Å². The molecule has 0 radical (unpaired) electrons. The zero-order chi connectivity index (χ0) is 8.10. The van der Waals surface area contributed by atoms with Gasteiger partial charge in [0.2, 0.25) is 0 Å². The van der Waals surface area contributed by atoms with Crippen LogP contribution in [0, 0.1) is 5.92 Å². The Labute approximate surface area is 73.9 Å². The normalized spacial score (nSPS) is 22.4. The van der Waals surface area contributed by atoms with Gasteiger partial charge in [-0.25, -0.2) is 0 Å². The SMILES string of the molecule is CNCC1CCN(SC)CC1. The van der Waals surface area contributed by atoms with Crippen LogP contribution < -0.4 is 5.32 Å². The predicted octanol–water partition coefficient (Wildman–Crippen LogP) is 1.20. The van der Waals surface area contributed by atoms with Gasteiger partial charge < -0.3 is 5.32 Å².